The number of aromatic nitrogens is 2. The van der Waals surface area contributed by atoms with Gasteiger partial charge in [-0.05, 0) is 36.2 Å². The van der Waals surface area contributed by atoms with Crippen molar-refractivity contribution in [3.05, 3.63) is 70.8 Å². The van der Waals surface area contributed by atoms with Gasteiger partial charge in [0.05, 0.1) is 30.4 Å². The molecule has 3 aromatic rings. The van der Waals surface area contributed by atoms with Gasteiger partial charge in [0.25, 0.3) is 5.56 Å². The summed E-state index contributed by atoms with van der Waals surface area (Å²) in [4.78, 5) is 31.4. The predicted molar refractivity (Wildman–Crippen MR) is 98.1 cm³/mol. The molecule has 132 valence electrons. The van der Waals surface area contributed by atoms with Crippen molar-refractivity contribution in [3.8, 4) is 5.75 Å². The van der Waals surface area contributed by atoms with E-state index < -0.39 is 0 Å². The summed E-state index contributed by atoms with van der Waals surface area (Å²) in [5.41, 5.74) is 1.50. The maximum Gasteiger partial charge on any atom is 0.261 e. The largest absolute Gasteiger partial charge is 0.497 e. The van der Waals surface area contributed by atoms with Crippen LogP contribution >= 0.6 is 0 Å². The molecule has 1 saturated heterocycles. The van der Waals surface area contributed by atoms with E-state index in [4.69, 9.17) is 4.74 Å². The van der Waals surface area contributed by atoms with Gasteiger partial charge in [-0.25, -0.2) is 4.98 Å². The Kier molecular flexibility index (Phi) is 4.16. The molecule has 1 aliphatic rings. The van der Waals surface area contributed by atoms with Crippen molar-refractivity contribution in [1.29, 1.82) is 0 Å². The van der Waals surface area contributed by atoms with Crippen LogP contribution in [0.25, 0.3) is 10.9 Å². The smallest absolute Gasteiger partial charge is 0.261 e. The summed E-state index contributed by atoms with van der Waals surface area (Å²) in [5.74, 6) is 0.694. The standard InChI is InChI=1S/C20H19N3O3/c1-26-15-6-4-5-14(11-15)18-9-10-23(18)19(24)12-22-13-21-17-8-3-2-7-16(17)20(22)25/h2-8,11,13,18H,9-10,12H2,1H3. The maximum atomic E-state index is 12.7. The molecule has 0 radical (unpaired) electrons. The molecule has 1 amide bonds. The number of likely N-dealkylation sites (tertiary alicyclic amines) is 1. The van der Waals surface area contributed by atoms with Crippen LogP contribution in [0.2, 0.25) is 0 Å². The van der Waals surface area contributed by atoms with Crippen molar-refractivity contribution in [2.45, 2.75) is 19.0 Å². The molecule has 2 heterocycles. The number of fused-ring (bicyclic) bond motifs is 1. The van der Waals surface area contributed by atoms with Crippen LogP contribution in [0.3, 0.4) is 0 Å². The minimum atomic E-state index is -0.192. The summed E-state index contributed by atoms with van der Waals surface area (Å²) in [6.07, 6.45) is 2.35. The Bertz CT molecular complexity index is 1030. The summed E-state index contributed by atoms with van der Waals surface area (Å²) in [6, 6.07) is 14.9. The van der Waals surface area contributed by atoms with E-state index in [0.29, 0.717) is 17.4 Å². The molecule has 0 saturated carbocycles. The van der Waals surface area contributed by atoms with Crippen molar-refractivity contribution >= 4 is 16.8 Å². The Morgan fingerprint density at radius 1 is 1.23 bits per heavy atom. The van der Waals surface area contributed by atoms with E-state index in [-0.39, 0.29) is 24.1 Å². The van der Waals surface area contributed by atoms with Crippen LogP contribution in [0.15, 0.2) is 59.7 Å². The van der Waals surface area contributed by atoms with E-state index in [1.807, 2.05) is 30.3 Å². The molecule has 1 aliphatic heterocycles. The predicted octanol–water partition coefficient (Wildman–Crippen LogP) is 2.38. The molecule has 4 rings (SSSR count). The quantitative estimate of drug-likeness (QED) is 0.725. The van der Waals surface area contributed by atoms with Gasteiger partial charge in [-0.15, -0.1) is 0 Å². The number of methoxy groups -OCH3 is 1. The SMILES string of the molecule is COc1cccc(C2CCN2C(=O)Cn2cnc3ccccc3c2=O)c1. The van der Waals surface area contributed by atoms with Crippen molar-refractivity contribution < 1.29 is 9.53 Å². The lowest BCUT2D eigenvalue weighted by Gasteiger charge is -2.41. The fraction of sp³-hybridized carbons (Fsp3) is 0.250. The van der Waals surface area contributed by atoms with Crippen LogP contribution in [0, 0.1) is 0 Å². The summed E-state index contributed by atoms with van der Waals surface area (Å²) in [6.45, 7) is 0.688. The number of amides is 1. The normalized spacial score (nSPS) is 16.3. The summed E-state index contributed by atoms with van der Waals surface area (Å²) < 4.78 is 6.65. The number of hydrogen-bond acceptors (Lipinski definition) is 4. The highest BCUT2D eigenvalue weighted by Gasteiger charge is 2.33. The molecular formula is C20H19N3O3. The van der Waals surface area contributed by atoms with Gasteiger partial charge >= 0.3 is 0 Å². The highest BCUT2D eigenvalue weighted by atomic mass is 16.5. The van der Waals surface area contributed by atoms with E-state index in [1.165, 1.54) is 10.9 Å². The molecule has 1 fully saturated rings. The lowest BCUT2D eigenvalue weighted by Crippen LogP contribution is -2.47. The summed E-state index contributed by atoms with van der Waals surface area (Å²) in [7, 11) is 1.63. The Morgan fingerprint density at radius 2 is 2.08 bits per heavy atom. The number of ether oxygens (including phenoxy) is 1. The number of benzene rings is 2. The first kappa shape index (κ1) is 16.3. The minimum absolute atomic E-state index is 0.00284. The molecule has 6 heteroatoms. The van der Waals surface area contributed by atoms with E-state index in [0.717, 1.165) is 17.7 Å². The third kappa shape index (κ3) is 2.83. The van der Waals surface area contributed by atoms with Crippen LogP contribution in [-0.4, -0.2) is 34.0 Å². The zero-order chi connectivity index (χ0) is 18.1. The lowest BCUT2D eigenvalue weighted by molar-refractivity contribution is -0.139. The number of carbonyl (C=O) groups is 1. The molecule has 1 atom stereocenters. The summed E-state index contributed by atoms with van der Waals surface area (Å²) in [5, 5.41) is 0.524. The van der Waals surface area contributed by atoms with Crippen LogP contribution < -0.4 is 10.3 Å². The Hall–Kier alpha value is -3.15. The van der Waals surface area contributed by atoms with Gasteiger partial charge < -0.3 is 9.64 Å². The van der Waals surface area contributed by atoms with Gasteiger partial charge in [0.15, 0.2) is 0 Å². The average molecular weight is 349 g/mol. The number of hydrogen-bond donors (Lipinski definition) is 0. The van der Waals surface area contributed by atoms with Crippen molar-refractivity contribution in [1.82, 2.24) is 14.5 Å². The first-order valence-electron chi connectivity index (χ1n) is 8.55. The molecule has 0 aliphatic carbocycles. The molecule has 26 heavy (non-hydrogen) atoms. The number of nitrogens with zero attached hydrogens (tertiary/aromatic N) is 3. The molecule has 6 nitrogen and oxygen atoms in total. The second-order valence-corrected chi connectivity index (χ2v) is 6.36. The second-order valence-electron chi connectivity index (χ2n) is 6.36. The van der Waals surface area contributed by atoms with E-state index >= 15 is 0 Å². The van der Waals surface area contributed by atoms with Crippen molar-refractivity contribution in [3.63, 3.8) is 0 Å². The molecule has 2 aromatic carbocycles. The number of carbonyl (C=O) groups excluding carboxylic acids is 1. The third-order valence-electron chi connectivity index (χ3n) is 4.86. The average Bonchev–Trinajstić information content (AvgIpc) is 2.63. The Balaban J connectivity index is 1.55. The highest BCUT2D eigenvalue weighted by molar-refractivity contribution is 5.79. The van der Waals surface area contributed by atoms with Gasteiger partial charge in [-0.2, -0.15) is 0 Å². The molecule has 0 N–H and O–H groups in total. The summed E-state index contributed by atoms with van der Waals surface area (Å²) >= 11 is 0. The van der Waals surface area contributed by atoms with Crippen LogP contribution in [0.1, 0.15) is 18.0 Å². The monoisotopic (exact) mass is 349 g/mol. The first-order chi connectivity index (χ1) is 12.7. The molecule has 1 unspecified atom stereocenters. The second kappa shape index (κ2) is 6.63. The van der Waals surface area contributed by atoms with E-state index in [2.05, 4.69) is 4.98 Å². The lowest BCUT2D eigenvalue weighted by atomic mass is 9.94. The molecule has 0 spiro atoms. The van der Waals surface area contributed by atoms with Crippen molar-refractivity contribution in [2.75, 3.05) is 13.7 Å². The maximum absolute atomic E-state index is 12.7. The third-order valence-corrected chi connectivity index (χ3v) is 4.86. The van der Waals surface area contributed by atoms with Gasteiger partial charge in [0.2, 0.25) is 5.91 Å². The van der Waals surface area contributed by atoms with Crippen LogP contribution in [0.5, 0.6) is 5.75 Å². The molecule has 0 bridgehead atoms. The fourth-order valence-corrected chi connectivity index (χ4v) is 3.34. The van der Waals surface area contributed by atoms with Crippen LogP contribution in [0.4, 0.5) is 0 Å². The number of rotatable bonds is 4. The minimum Gasteiger partial charge on any atom is -0.497 e. The van der Waals surface area contributed by atoms with Crippen LogP contribution in [-0.2, 0) is 11.3 Å². The number of para-hydroxylation sites is 1. The van der Waals surface area contributed by atoms with E-state index in [9.17, 15) is 9.59 Å². The zero-order valence-electron chi connectivity index (χ0n) is 14.5. The fourth-order valence-electron chi connectivity index (χ4n) is 3.34. The molecular weight excluding hydrogens is 330 g/mol. The Labute approximate surface area is 150 Å². The Morgan fingerprint density at radius 3 is 2.85 bits per heavy atom. The van der Waals surface area contributed by atoms with E-state index in [1.54, 1.807) is 30.2 Å². The highest BCUT2D eigenvalue weighted by Crippen LogP contribution is 2.34. The van der Waals surface area contributed by atoms with Gasteiger partial charge in [0.1, 0.15) is 12.3 Å². The van der Waals surface area contributed by atoms with Gasteiger partial charge in [-0.3, -0.25) is 14.2 Å². The van der Waals surface area contributed by atoms with Crippen molar-refractivity contribution in [2.24, 2.45) is 0 Å². The molecule has 1 aromatic heterocycles. The first-order valence-corrected chi connectivity index (χ1v) is 8.55. The van der Waals surface area contributed by atoms with Gasteiger partial charge in [-0.1, -0.05) is 24.3 Å². The topological polar surface area (TPSA) is 64.4 Å². The van der Waals surface area contributed by atoms with Gasteiger partial charge in [0, 0.05) is 6.54 Å². The zero-order valence-corrected chi connectivity index (χ0v) is 14.5.